The number of rotatable bonds is 9. The van der Waals surface area contributed by atoms with Crippen LogP contribution in [0.2, 0.25) is 0 Å². The molecule has 1 aliphatic rings. The number of nitrogens with zero attached hydrogens (tertiary/aromatic N) is 4. The molecule has 0 bridgehead atoms. The van der Waals surface area contributed by atoms with Gasteiger partial charge in [0.1, 0.15) is 0 Å². The monoisotopic (exact) mass is 487 g/mol. The first-order chi connectivity index (χ1) is 17.3. The molecule has 0 unspecified atom stereocenters. The predicted molar refractivity (Wildman–Crippen MR) is 142 cm³/mol. The molecule has 4 N–H and O–H groups in total. The molecule has 0 aliphatic carbocycles. The van der Waals surface area contributed by atoms with Crippen LogP contribution in [0, 0.1) is 0 Å². The molecular weight excluding hydrogens is 458 g/mol. The number of aliphatic hydroxyl groups is 1. The predicted octanol–water partition coefficient (Wildman–Crippen LogP) is 4.32. The number of nitrogens with one attached hydrogen (secondary N) is 3. The summed E-state index contributed by atoms with van der Waals surface area (Å²) in [6.45, 7) is 2.90. The second-order valence-electron chi connectivity index (χ2n) is 8.44. The highest BCUT2D eigenvalue weighted by Crippen LogP contribution is 2.29. The minimum Gasteiger partial charge on any atom is -0.395 e. The Morgan fingerprint density at radius 3 is 2.60 bits per heavy atom. The van der Waals surface area contributed by atoms with Crippen LogP contribution in [0.15, 0.2) is 66.0 Å². The third-order valence-corrected chi connectivity index (χ3v) is 7.21. The van der Waals surface area contributed by atoms with Crippen molar-refractivity contribution in [3.63, 3.8) is 0 Å². The molecule has 9 heteroatoms. The third-order valence-electron chi connectivity index (χ3n) is 6.02. The first kappa shape index (κ1) is 23.5. The topological polar surface area (TPSA) is 102 Å². The maximum atomic E-state index is 9.50. The summed E-state index contributed by atoms with van der Waals surface area (Å²) in [5.74, 6) is 0.552. The molecule has 1 fully saturated rings. The van der Waals surface area contributed by atoms with Gasteiger partial charge in [-0.25, -0.2) is 14.3 Å². The van der Waals surface area contributed by atoms with Crippen LogP contribution in [0.5, 0.6) is 0 Å². The molecule has 5 rings (SSSR count). The van der Waals surface area contributed by atoms with Crippen LogP contribution in [0.1, 0.15) is 24.0 Å². The van der Waals surface area contributed by atoms with E-state index in [1.54, 1.807) is 24.3 Å². The summed E-state index contributed by atoms with van der Waals surface area (Å²) >= 11 is 1.71. The van der Waals surface area contributed by atoms with Crippen LogP contribution in [0.25, 0.3) is 23.1 Å². The van der Waals surface area contributed by atoms with Gasteiger partial charge in [-0.1, -0.05) is 24.3 Å². The summed E-state index contributed by atoms with van der Waals surface area (Å²) < 4.78 is 2.31. The van der Waals surface area contributed by atoms with E-state index in [1.807, 2.05) is 42.6 Å². The number of aliphatic hydroxyl groups excluding tert-OH is 1. The molecule has 4 aromatic rings. The van der Waals surface area contributed by atoms with E-state index in [0.717, 1.165) is 58.5 Å². The van der Waals surface area contributed by atoms with E-state index in [9.17, 15) is 5.11 Å². The summed E-state index contributed by atoms with van der Waals surface area (Å²) in [4.78, 5) is 10.1. The van der Waals surface area contributed by atoms with E-state index in [4.69, 9.17) is 0 Å². The Labute approximate surface area is 209 Å². The van der Waals surface area contributed by atoms with Gasteiger partial charge in [-0.15, -0.1) is 0 Å². The van der Waals surface area contributed by atoms with Gasteiger partial charge in [0.25, 0.3) is 0 Å². The van der Waals surface area contributed by atoms with Gasteiger partial charge < -0.3 is 15.7 Å². The quantitative estimate of drug-likeness (QED) is 0.259. The van der Waals surface area contributed by atoms with Gasteiger partial charge in [0.05, 0.1) is 18.3 Å². The average molecular weight is 488 g/mol. The van der Waals surface area contributed by atoms with E-state index < -0.39 is 0 Å². The first-order valence-corrected chi connectivity index (χ1v) is 12.6. The van der Waals surface area contributed by atoms with E-state index >= 15 is 0 Å². The van der Waals surface area contributed by atoms with Crippen molar-refractivity contribution < 1.29 is 5.11 Å². The number of H-pyrrole nitrogens is 1. The Balaban J connectivity index is 1.19. The van der Waals surface area contributed by atoms with Gasteiger partial charge in [0, 0.05) is 46.5 Å². The Morgan fingerprint density at radius 2 is 1.83 bits per heavy atom. The summed E-state index contributed by atoms with van der Waals surface area (Å²) in [7, 11) is 0. The number of aromatic amines is 1. The summed E-state index contributed by atoms with van der Waals surface area (Å²) in [5, 5.41) is 24.3. The standard InChI is InChI=1S/C26H29N7OS/c34-15-14-33(22-10-12-27-13-11-22)35-23-8-6-21(7-9-23)31-26-28-16-19(17-29-26)4-5-20-2-1-3-25-24(20)18-30-32-25/h1-9,16-18,22,27,34H,10-15H2,(H,30,32)(H,28,29,31)/b5-4+. The Kier molecular flexibility index (Phi) is 7.69. The average Bonchev–Trinajstić information content (AvgIpc) is 3.39. The third kappa shape index (κ3) is 6.07. The number of hydrogen-bond acceptors (Lipinski definition) is 8. The number of hydrogen-bond donors (Lipinski definition) is 4. The Bertz CT molecular complexity index is 1250. The molecule has 0 spiro atoms. The van der Waals surface area contributed by atoms with E-state index in [0.29, 0.717) is 18.5 Å². The molecule has 2 aromatic carbocycles. The molecule has 35 heavy (non-hydrogen) atoms. The maximum Gasteiger partial charge on any atom is 0.227 e. The summed E-state index contributed by atoms with van der Waals surface area (Å²) in [5.41, 5.74) is 3.96. The molecule has 0 amide bonds. The van der Waals surface area contributed by atoms with Crippen molar-refractivity contribution in [2.75, 3.05) is 31.6 Å². The van der Waals surface area contributed by atoms with E-state index in [-0.39, 0.29) is 6.61 Å². The molecule has 1 saturated heterocycles. The maximum absolute atomic E-state index is 9.50. The highest BCUT2D eigenvalue weighted by molar-refractivity contribution is 7.97. The van der Waals surface area contributed by atoms with Crippen LogP contribution in [-0.2, 0) is 0 Å². The number of fused-ring (bicyclic) bond motifs is 1. The molecular formula is C26H29N7OS. The smallest absolute Gasteiger partial charge is 0.227 e. The Morgan fingerprint density at radius 1 is 1.03 bits per heavy atom. The molecule has 2 aromatic heterocycles. The van der Waals surface area contributed by atoms with Crippen molar-refractivity contribution in [1.29, 1.82) is 0 Å². The Hall–Kier alpha value is -3.24. The van der Waals surface area contributed by atoms with Crippen molar-refractivity contribution in [2.24, 2.45) is 0 Å². The highest BCUT2D eigenvalue weighted by atomic mass is 32.2. The molecule has 180 valence electrons. The largest absolute Gasteiger partial charge is 0.395 e. The zero-order valence-corrected chi connectivity index (χ0v) is 20.2. The second-order valence-corrected chi connectivity index (χ2v) is 9.56. The van der Waals surface area contributed by atoms with Gasteiger partial charge in [-0.2, -0.15) is 5.10 Å². The lowest BCUT2D eigenvalue weighted by atomic mass is 10.1. The second kappa shape index (κ2) is 11.5. The van der Waals surface area contributed by atoms with Gasteiger partial charge in [0.2, 0.25) is 5.95 Å². The van der Waals surface area contributed by atoms with Crippen molar-refractivity contribution in [1.82, 2.24) is 29.8 Å². The fourth-order valence-electron chi connectivity index (χ4n) is 4.17. The lowest BCUT2D eigenvalue weighted by Gasteiger charge is -2.33. The van der Waals surface area contributed by atoms with Gasteiger partial charge in [-0.05, 0) is 73.8 Å². The molecule has 1 aliphatic heterocycles. The number of aromatic nitrogens is 4. The SMILES string of the molecule is OCCN(Sc1ccc(Nc2ncc(/C=C/c3cccc4[nH]ncc34)cn2)cc1)C1CCNCC1. The van der Waals surface area contributed by atoms with Crippen LogP contribution >= 0.6 is 11.9 Å². The summed E-state index contributed by atoms with van der Waals surface area (Å²) in [6.07, 6.45) is 11.7. The van der Waals surface area contributed by atoms with Gasteiger partial charge >= 0.3 is 0 Å². The van der Waals surface area contributed by atoms with E-state index in [1.165, 1.54) is 0 Å². The van der Waals surface area contributed by atoms with E-state index in [2.05, 4.69) is 53.3 Å². The lowest BCUT2D eigenvalue weighted by Crippen LogP contribution is -2.40. The van der Waals surface area contributed by atoms with Crippen molar-refractivity contribution in [3.05, 3.63) is 72.2 Å². The van der Waals surface area contributed by atoms with Crippen LogP contribution in [-0.4, -0.2) is 61.9 Å². The number of anilines is 2. The molecule has 8 nitrogen and oxygen atoms in total. The van der Waals surface area contributed by atoms with Crippen LogP contribution in [0.4, 0.5) is 11.6 Å². The molecule has 0 atom stereocenters. The van der Waals surface area contributed by atoms with Crippen molar-refractivity contribution in [2.45, 2.75) is 23.8 Å². The lowest BCUT2D eigenvalue weighted by molar-refractivity contribution is 0.215. The van der Waals surface area contributed by atoms with Gasteiger partial charge in [0.15, 0.2) is 0 Å². The minimum atomic E-state index is 0.165. The van der Waals surface area contributed by atoms with Crippen LogP contribution in [0.3, 0.4) is 0 Å². The molecule has 0 radical (unpaired) electrons. The zero-order valence-electron chi connectivity index (χ0n) is 19.4. The molecule has 3 heterocycles. The normalized spacial score (nSPS) is 14.8. The summed E-state index contributed by atoms with van der Waals surface area (Å²) in [6, 6.07) is 14.8. The molecule has 0 saturated carbocycles. The fraction of sp³-hybridized carbons (Fsp3) is 0.269. The minimum absolute atomic E-state index is 0.165. The van der Waals surface area contributed by atoms with Crippen LogP contribution < -0.4 is 10.6 Å². The first-order valence-electron chi connectivity index (χ1n) is 11.8. The van der Waals surface area contributed by atoms with Crippen molar-refractivity contribution in [3.8, 4) is 0 Å². The fourth-order valence-corrected chi connectivity index (χ4v) is 5.23. The number of piperidine rings is 1. The number of benzene rings is 2. The highest BCUT2D eigenvalue weighted by Gasteiger charge is 2.21. The van der Waals surface area contributed by atoms with Crippen molar-refractivity contribution >= 4 is 46.6 Å². The van der Waals surface area contributed by atoms with Gasteiger partial charge in [-0.3, -0.25) is 5.10 Å². The zero-order chi connectivity index (χ0) is 23.9.